The van der Waals surface area contributed by atoms with Gasteiger partial charge in [-0.15, -0.1) is 0 Å². The number of nitrogens with zero attached hydrogens (tertiary/aromatic N) is 1. The molecule has 1 fully saturated rings. The molecule has 1 saturated heterocycles. The lowest BCUT2D eigenvalue weighted by Gasteiger charge is -2.00. The van der Waals surface area contributed by atoms with Gasteiger partial charge in [0.25, 0.3) is 0 Å². The monoisotopic (exact) mass is 115 g/mol. The van der Waals surface area contributed by atoms with E-state index in [1.807, 2.05) is 0 Å². The summed E-state index contributed by atoms with van der Waals surface area (Å²) >= 11 is 0. The van der Waals surface area contributed by atoms with Gasteiger partial charge in [-0.05, 0) is 7.05 Å². The Bertz CT molecular complexity index is 105. The minimum Gasteiger partial charge on any atom is -0.495 e. The molecular formula is C3H6BNO3. The molecule has 0 atom stereocenters. The Morgan fingerprint density at radius 2 is 2.62 bits per heavy atom. The van der Waals surface area contributed by atoms with Gasteiger partial charge in [0.15, 0.2) is 0 Å². The van der Waals surface area contributed by atoms with Gasteiger partial charge in [0, 0.05) is 0 Å². The van der Waals surface area contributed by atoms with Crippen molar-refractivity contribution in [3.63, 3.8) is 0 Å². The summed E-state index contributed by atoms with van der Waals surface area (Å²) in [5.41, 5.74) is 0. The molecule has 0 unspecified atom stereocenters. The fourth-order valence-corrected chi connectivity index (χ4v) is 0.527. The molecule has 0 amide bonds. The fourth-order valence-electron chi connectivity index (χ4n) is 0.527. The van der Waals surface area contributed by atoms with Gasteiger partial charge in [-0.2, -0.15) is 0 Å². The van der Waals surface area contributed by atoms with Crippen LogP contribution in [-0.2, 0) is 9.45 Å². The van der Waals surface area contributed by atoms with Gasteiger partial charge in [0.05, 0.1) is 6.54 Å². The van der Waals surface area contributed by atoms with Crippen LogP contribution in [0.3, 0.4) is 0 Å². The first-order valence-electron chi connectivity index (χ1n) is 2.28. The molecule has 0 bridgehead atoms. The van der Waals surface area contributed by atoms with Crippen LogP contribution in [0.4, 0.5) is 0 Å². The van der Waals surface area contributed by atoms with Crippen molar-refractivity contribution in [3.05, 3.63) is 0 Å². The number of hydrogen-bond donors (Lipinski definition) is 1. The van der Waals surface area contributed by atoms with E-state index in [1.54, 1.807) is 7.05 Å². The van der Waals surface area contributed by atoms with E-state index in [9.17, 15) is 4.79 Å². The first-order chi connectivity index (χ1) is 3.70. The van der Waals surface area contributed by atoms with E-state index in [-0.39, 0.29) is 12.5 Å². The van der Waals surface area contributed by atoms with Crippen LogP contribution in [-0.4, -0.2) is 36.6 Å². The number of carbonyl (C=O) groups excluding carboxylic acids is 1. The van der Waals surface area contributed by atoms with E-state index < -0.39 is 7.25 Å². The Kier molecular flexibility index (Phi) is 1.23. The van der Waals surface area contributed by atoms with Crippen LogP contribution < -0.4 is 0 Å². The van der Waals surface area contributed by atoms with Crippen molar-refractivity contribution < 1.29 is 14.5 Å². The predicted molar refractivity (Wildman–Crippen MR) is 26.7 cm³/mol. The maximum absolute atomic E-state index is 10.2. The SMILES string of the molecule is CN1CC(=O)OB1O. The van der Waals surface area contributed by atoms with Crippen LogP contribution in [0.15, 0.2) is 0 Å². The zero-order valence-electron chi connectivity index (χ0n) is 4.50. The van der Waals surface area contributed by atoms with E-state index in [0.29, 0.717) is 0 Å². The van der Waals surface area contributed by atoms with Gasteiger partial charge in [-0.25, -0.2) is 0 Å². The normalized spacial score (nSPS) is 21.8. The van der Waals surface area contributed by atoms with Gasteiger partial charge in [0.1, 0.15) is 0 Å². The van der Waals surface area contributed by atoms with Crippen molar-refractivity contribution in [2.45, 2.75) is 0 Å². The molecule has 4 nitrogen and oxygen atoms in total. The van der Waals surface area contributed by atoms with Gasteiger partial charge in [-0.1, -0.05) is 0 Å². The standard InChI is InChI=1S/C3H6BNO3/c1-5-2-3(6)8-4(5)7/h7H,2H2,1H3. The third-order valence-corrected chi connectivity index (χ3v) is 0.992. The van der Waals surface area contributed by atoms with E-state index in [1.165, 1.54) is 4.81 Å². The smallest absolute Gasteiger partial charge is 0.495 e. The Morgan fingerprint density at radius 3 is 2.75 bits per heavy atom. The molecule has 0 aromatic rings. The maximum atomic E-state index is 10.2. The molecule has 1 rings (SSSR count). The van der Waals surface area contributed by atoms with Crippen molar-refractivity contribution in [2.75, 3.05) is 13.6 Å². The first-order valence-corrected chi connectivity index (χ1v) is 2.28. The van der Waals surface area contributed by atoms with E-state index in [4.69, 9.17) is 5.02 Å². The highest BCUT2D eigenvalue weighted by Gasteiger charge is 2.34. The average molecular weight is 115 g/mol. The summed E-state index contributed by atoms with van der Waals surface area (Å²) < 4.78 is 4.32. The lowest BCUT2D eigenvalue weighted by molar-refractivity contribution is -0.132. The van der Waals surface area contributed by atoms with Crippen LogP contribution in [0.25, 0.3) is 0 Å². The second-order valence-corrected chi connectivity index (χ2v) is 1.73. The Labute approximate surface area is 47.2 Å². The Morgan fingerprint density at radius 1 is 2.00 bits per heavy atom. The largest absolute Gasteiger partial charge is 0.628 e. The number of likely N-dealkylation sites (N-methyl/N-ethyl adjacent to an activating group) is 1. The third-order valence-electron chi connectivity index (χ3n) is 0.992. The molecular weight excluding hydrogens is 109 g/mol. The molecule has 0 aromatic carbocycles. The minimum atomic E-state index is -1.03. The summed E-state index contributed by atoms with van der Waals surface area (Å²) in [6.45, 7) is 0.182. The second kappa shape index (κ2) is 1.76. The molecule has 5 heteroatoms. The van der Waals surface area contributed by atoms with Crippen molar-refractivity contribution in [3.8, 4) is 0 Å². The summed E-state index contributed by atoms with van der Waals surface area (Å²) in [5.74, 6) is -0.375. The van der Waals surface area contributed by atoms with Crippen LogP contribution in [0.5, 0.6) is 0 Å². The predicted octanol–water partition coefficient (Wildman–Crippen LogP) is -1.55. The summed E-state index contributed by atoms with van der Waals surface area (Å²) in [6, 6.07) is 0. The highest BCUT2D eigenvalue weighted by molar-refractivity contribution is 6.44. The van der Waals surface area contributed by atoms with Crippen molar-refractivity contribution >= 4 is 13.2 Å². The fraction of sp³-hybridized carbons (Fsp3) is 0.667. The van der Waals surface area contributed by atoms with Crippen LogP contribution in [0, 0.1) is 0 Å². The zero-order chi connectivity index (χ0) is 6.15. The number of carbonyl (C=O) groups is 1. The molecule has 8 heavy (non-hydrogen) atoms. The quantitative estimate of drug-likeness (QED) is 0.388. The van der Waals surface area contributed by atoms with Gasteiger partial charge < -0.3 is 9.68 Å². The number of hydrogen-bond acceptors (Lipinski definition) is 4. The lowest BCUT2D eigenvalue weighted by Crippen LogP contribution is -2.30. The van der Waals surface area contributed by atoms with E-state index in [0.717, 1.165) is 0 Å². The molecule has 0 saturated carbocycles. The number of rotatable bonds is 0. The van der Waals surface area contributed by atoms with E-state index >= 15 is 0 Å². The van der Waals surface area contributed by atoms with Crippen molar-refractivity contribution in [2.24, 2.45) is 0 Å². The van der Waals surface area contributed by atoms with E-state index in [2.05, 4.69) is 4.65 Å². The maximum Gasteiger partial charge on any atom is 0.628 e. The lowest BCUT2D eigenvalue weighted by atomic mass is 10.1. The molecule has 1 N–H and O–H groups in total. The molecule has 0 aliphatic carbocycles. The Balaban J connectivity index is 2.51. The van der Waals surface area contributed by atoms with Crippen molar-refractivity contribution in [1.29, 1.82) is 0 Å². The van der Waals surface area contributed by atoms with Crippen LogP contribution in [0.1, 0.15) is 0 Å². The Hall–Kier alpha value is -0.545. The molecule has 1 aliphatic heterocycles. The average Bonchev–Trinajstić information content (AvgIpc) is 1.85. The van der Waals surface area contributed by atoms with Gasteiger partial charge in [-0.3, -0.25) is 9.61 Å². The van der Waals surface area contributed by atoms with Crippen molar-refractivity contribution in [1.82, 2.24) is 4.81 Å². The molecule has 0 aromatic heterocycles. The third kappa shape index (κ3) is 0.825. The van der Waals surface area contributed by atoms with Gasteiger partial charge >= 0.3 is 13.2 Å². The molecule has 44 valence electrons. The molecule has 0 radical (unpaired) electrons. The van der Waals surface area contributed by atoms with Crippen LogP contribution >= 0.6 is 0 Å². The second-order valence-electron chi connectivity index (χ2n) is 1.73. The molecule has 0 spiro atoms. The zero-order valence-corrected chi connectivity index (χ0v) is 4.50. The van der Waals surface area contributed by atoms with Crippen LogP contribution in [0.2, 0.25) is 0 Å². The van der Waals surface area contributed by atoms with Gasteiger partial charge in [0.2, 0.25) is 0 Å². The summed E-state index contributed by atoms with van der Waals surface area (Å²) in [4.78, 5) is 11.6. The first kappa shape index (κ1) is 5.59. The highest BCUT2D eigenvalue weighted by Crippen LogP contribution is 1.99. The summed E-state index contributed by atoms with van der Waals surface area (Å²) in [6.07, 6.45) is 0. The molecule has 1 heterocycles. The summed E-state index contributed by atoms with van der Waals surface area (Å²) in [7, 11) is 0.581. The highest BCUT2D eigenvalue weighted by atomic mass is 16.6. The topological polar surface area (TPSA) is 49.8 Å². The minimum absolute atomic E-state index is 0.182. The summed E-state index contributed by atoms with van der Waals surface area (Å²) in [5, 5.41) is 8.65. The molecule has 1 aliphatic rings.